The lowest BCUT2D eigenvalue weighted by atomic mass is 10.2. The van der Waals surface area contributed by atoms with Crippen LogP contribution in [0.3, 0.4) is 0 Å². The van der Waals surface area contributed by atoms with Gasteiger partial charge in [0.2, 0.25) is 6.23 Å². The van der Waals surface area contributed by atoms with Gasteiger partial charge in [0.15, 0.2) is 0 Å². The van der Waals surface area contributed by atoms with Gasteiger partial charge >= 0.3 is 12.0 Å². The average Bonchev–Trinajstić information content (AvgIpc) is 2.77. The number of aliphatic hydroxyl groups is 1. The lowest BCUT2D eigenvalue weighted by Gasteiger charge is -2.42. The Bertz CT molecular complexity index is 505. The molecule has 1 unspecified atom stereocenters. The Kier molecular flexibility index (Phi) is 4.81. The topological polar surface area (TPSA) is 105 Å². The minimum absolute atomic E-state index is 0.297. The molecule has 2 aliphatic heterocycles. The van der Waals surface area contributed by atoms with Crippen molar-refractivity contribution in [3.8, 4) is 0 Å². The molecule has 11 heteroatoms. The quantitative estimate of drug-likeness (QED) is 0.545. The van der Waals surface area contributed by atoms with E-state index in [0.29, 0.717) is 0 Å². The van der Waals surface area contributed by atoms with Crippen LogP contribution in [0.1, 0.15) is 13.3 Å². The zero-order valence-corrected chi connectivity index (χ0v) is 12.8. The third kappa shape index (κ3) is 2.98. The van der Waals surface area contributed by atoms with Crippen LogP contribution in [0, 0.1) is 0 Å². The second-order valence-electron chi connectivity index (χ2n) is 4.81. The molecule has 0 aliphatic carbocycles. The Hall–Kier alpha value is -1.16. The van der Waals surface area contributed by atoms with Crippen molar-refractivity contribution >= 4 is 41.1 Å². The lowest BCUT2D eigenvalue weighted by Crippen LogP contribution is -2.68. The number of carbonyl (C=O) groups is 3. The van der Waals surface area contributed by atoms with Crippen LogP contribution in [0.5, 0.6) is 0 Å². The molecule has 2 aliphatic rings. The Balaban J connectivity index is 2.31. The number of aliphatic hydroxyl groups excluding tert-OH is 1. The number of amides is 3. The van der Waals surface area contributed by atoms with Crippen LogP contribution in [0.15, 0.2) is 0 Å². The number of hydrogen-bond donors (Lipinski definition) is 2. The molecule has 0 aromatic rings. The highest BCUT2D eigenvalue weighted by Gasteiger charge is 2.58. The van der Waals surface area contributed by atoms with Gasteiger partial charge in [-0.15, -0.1) is 0 Å². The van der Waals surface area contributed by atoms with E-state index in [4.69, 9.17) is 37.8 Å². The maximum Gasteiger partial charge on any atom is 0.329 e. The molecule has 0 bridgehead atoms. The lowest BCUT2D eigenvalue weighted by molar-refractivity contribution is -0.172. The first-order chi connectivity index (χ1) is 10.2. The van der Waals surface area contributed by atoms with E-state index in [0.717, 1.165) is 11.8 Å². The number of hydrogen-bond acceptors (Lipinski definition) is 6. The molecule has 2 N–H and O–H groups in total. The van der Waals surface area contributed by atoms with Gasteiger partial charge in [-0.3, -0.25) is 19.8 Å². The number of ether oxygens (including phenoxy) is 2. The molecule has 0 spiro atoms. The van der Waals surface area contributed by atoms with Gasteiger partial charge in [-0.05, 0) is 0 Å². The van der Waals surface area contributed by atoms with Crippen molar-refractivity contribution in [2.45, 2.75) is 42.4 Å². The third-order valence-electron chi connectivity index (χ3n) is 3.25. The van der Waals surface area contributed by atoms with Crippen LogP contribution in [0.4, 0.5) is 9.18 Å². The Labute approximate surface area is 134 Å². The predicted octanol–water partition coefficient (Wildman–Crippen LogP) is 0.0467. The van der Waals surface area contributed by atoms with E-state index in [1.807, 2.05) is 5.32 Å². The van der Waals surface area contributed by atoms with Gasteiger partial charge in [0.05, 0.1) is 6.61 Å². The Morgan fingerprint density at radius 1 is 1.59 bits per heavy atom. The van der Waals surface area contributed by atoms with E-state index >= 15 is 0 Å². The third-order valence-corrected chi connectivity index (χ3v) is 3.97. The molecule has 22 heavy (non-hydrogen) atoms. The number of nitrogens with zero attached hydrogens (tertiary/aromatic N) is 1. The number of urea groups is 1. The molecule has 0 radical (unpaired) electrons. The van der Waals surface area contributed by atoms with Crippen molar-refractivity contribution in [1.29, 1.82) is 0 Å². The molecule has 0 aromatic carbocycles. The molecular formula is C11H13Cl2FN2O6. The smallest absolute Gasteiger partial charge is 0.329 e. The Morgan fingerprint density at radius 3 is 2.73 bits per heavy atom. The highest BCUT2D eigenvalue weighted by molar-refractivity contribution is 6.59. The molecule has 2 saturated heterocycles. The molecule has 4 atom stereocenters. The summed E-state index contributed by atoms with van der Waals surface area (Å²) in [5.41, 5.74) is 0. The summed E-state index contributed by atoms with van der Waals surface area (Å²) >= 11 is 11.7. The van der Waals surface area contributed by atoms with Crippen molar-refractivity contribution in [1.82, 2.24) is 10.2 Å². The molecule has 8 nitrogen and oxygen atoms in total. The fraction of sp³-hybridized carbons (Fsp3) is 0.727. The zero-order valence-electron chi connectivity index (χ0n) is 11.3. The summed E-state index contributed by atoms with van der Waals surface area (Å²) in [4.78, 5) is 35.6. The summed E-state index contributed by atoms with van der Waals surface area (Å²) in [6.07, 6.45) is -5.88. The van der Waals surface area contributed by atoms with E-state index in [-0.39, 0.29) is 6.42 Å². The van der Waals surface area contributed by atoms with E-state index in [1.54, 1.807) is 0 Å². The molecule has 0 saturated carbocycles. The van der Waals surface area contributed by atoms with Crippen LogP contribution < -0.4 is 5.32 Å². The summed E-state index contributed by atoms with van der Waals surface area (Å²) in [5.74, 6) is -1.92. The molecule has 124 valence electrons. The number of imide groups is 1. The van der Waals surface area contributed by atoms with Gasteiger partial charge in [0.25, 0.3) is 10.2 Å². The van der Waals surface area contributed by atoms with Gasteiger partial charge in [0, 0.05) is 13.3 Å². The average molecular weight is 359 g/mol. The molecule has 0 aromatic heterocycles. The number of halogens is 3. The maximum absolute atomic E-state index is 13.7. The summed E-state index contributed by atoms with van der Waals surface area (Å²) < 4.78 is 21.5. The molecule has 2 fully saturated rings. The molecule has 2 heterocycles. The Morgan fingerprint density at radius 2 is 2.23 bits per heavy atom. The summed E-state index contributed by atoms with van der Waals surface area (Å²) in [6, 6.07) is -0.996. The monoisotopic (exact) mass is 358 g/mol. The van der Waals surface area contributed by atoms with Crippen molar-refractivity contribution in [2.24, 2.45) is 0 Å². The first kappa shape index (κ1) is 17.2. The van der Waals surface area contributed by atoms with Crippen LogP contribution in [0.2, 0.25) is 0 Å². The molecular weight excluding hydrogens is 346 g/mol. The second kappa shape index (κ2) is 6.15. The molecule has 2 rings (SSSR count). The largest absolute Gasteiger partial charge is 0.438 e. The minimum atomic E-state index is -2.29. The highest BCUT2D eigenvalue weighted by atomic mass is 35.5. The first-order valence-electron chi connectivity index (χ1n) is 6.27. The van der Waals surface area contributed by atoms with Gasteiger partial charge in [-0.1, -0.05) is 23.2 Å². The van der Waals surface area contributed by atoms with E-state index < -0.39 is 53.6 Å². The minimum Gasteiger partial charge on any atom is -0.438 e. The zero-order chi connectivity index (χ0) is 16.7. The SMILES string of the molecule is CC(=O)OC1N([C@H]2C[C@H](F)[C@@H](CO)O2)C(=O)NC(=O)C1(Cl)Cl. The molecule has 3 amide bonds. The fourth-order valence-corrected chi connectivity index (χ4v) is 2.63. The number of nitrogens with one attached hydrogen (secondary N) is 1. The van der Waals surface area contributed by atoms with Gasteiger partial charge in [-0.2, -0.15) is 0 Å². The van der Waals surface area contributed by atoms with E-state index in [9.17, 15) is 18.8 Å². The predicted molar refractivity (Wildman–Crippen MR) is 70.6 cm³/mol. The highest BCUT2D eigenvalue weighted by Crippen LogP contribution is 2.37. The number of esters is 1. The van der Waals surface area contributed by atoms with Gasteiger partial charge in [0.1, 0.15) is 18.5 Å². The van der Waals surface area contributed by atoms with E-state index in [1.165, 1.54) is 0 Å². The van der Waals surface area contributed by atoms with E-state index in [2.05, 4.69) is 0 Å². The van der Waals surface area contributed by atoms with Crippen LogP contribution in [-0.2, 0) is 19.1 Å². The number of rotatable bonds is 3. The standard InChI is InChI=1S/C11H13Cl2FN2O6/c1-4(18)21-9-11(12,13)8(19)15-10(20)16(9)7-2-5(14)6(3-17)22-7/h5-7,9,17H,2-3H2,1H3,(H,15,19,20)/t5-,6+,7+,9?/m0/s1. The number of alkyl halides is 3. The van der Waals surface area contributed by atoms with Crippen molar-refractivity contribution < 1.29 is 33.4 Å². The summed E-state index contributed by atoms with van der Waals surface area (Å²) in [5, 5.41) is 10.9. The summed E-state index contributed by atoms with van der Waals surface area (Å²) in [6.45, 7) is 0.431. The summed E-state index contributed by atoms with van der Waals surface area (Å²) in [7, 11) is 0. The van der Waals surface area contributed by atoms with Crippen molar-refractivity contribution in [3.05, 3.63) is 0 Å². The number of carbonyl (C=O) groups excluding carboxylic acids is 3. The normalized spacial score (nSPS) is 34.5. The van der Waals surface area contributed by atoms with Crippen LogP contribution >= 0.6 is 23.2 Å². The van der Waals surface area contributed by atoms with Crippen LogP contribution in [0.25, 0.3) is 0 Å². The van der Waals surface area contributed by atoms with Crippen molar-refractivity contribution in [3.63, 3.8) is 0 Å². The first-order valence-corrected chi connectivity index (χ1v) is 7.03. The van der Waals surface area contributed by atoms with Gasteiger partial charge < -0.3 is 14.6 Å². The maximum atomic E-state index is 13.7. The van der Waals surface area contributed by atoms with Gasteiger partial charge in [-0.25, -0.2) is 9.18 Å². The second-order valence-corrected chi connectivity index (χ2v) is 6.20. The van der Waals surface area contributed by atoms with Crippen molar-refractivity contribution in [2.75, 3.05) is 6.61 Å². The fourth-order valence-electron chi connectivity index (χ4n) is 2.23. The van der Waals surface area contributed by atoms with Crippen LogP contribution in [-0.4, -0.2) is 63.6 Å².